The van der Waals surface area contributed by atoms with Crippen LogP contribution in [0.2, 0.25) is 0 Å². The van der Waals surface area contributed by atoms with Crippen molar-refractivity contribution in [1.29, 1.82) is 0 Å². The number of anilines is 1. The zero-order valence-corrected chi connectivity index (χ0v) is 14.8. The number of rotatable bonds is 3. The van der Waals surface area contributed by atoms with Gasteiger partial charge in [0.05, 0.1) is 5.52 Å². The van der Waals surface area contributed by atoms with Crippen molar-refractivity contribution in [1.82, 2.24) is 4.98 Å². The Labute approximate surface area is 152 Å². The number of aryl methyl sites for hydroxylation is 1. The molecule has 0 aliphatic carbocycles. The van der Waals surface area contributed by atoms with Crippen LogP contribution < -0.4 is 4.90 Å². The number of hydrogen-bond donors (Lipinski definition) is 0. The number of carbonyl (C=O) groups excluding carboxylic acids is 1. The SMILES string of the molecule is Cc1nc2ccc(N3CCCCC3)cc2c(-c2ccc(F)cc2)c1C=O. The molecule has 1 aliphatic rings. The highest BCUT2D eigenvalue weighted by Crippen LogP contribution is 2.35. The maximum absolute atomic E-state index is 13.4. The Bertz CT molecular complexity index is 960. The van der Waals surface area contributed by atoms with Crippen molar-refractivity contribution in [2.45, 2.75) is 26.2 Å². The summed E-state index contributed by atoms with van der Waals surface area (Å²) in [6, 6.07) is 12.6. The summed E-state index contributed by atoms with van der Waals surface area (Å²) in [6.07, 6.45) is 4.54. The van der Waals surface area contributed by atoms with Crippen LogP contribution in [0.1, 0.15) is 35.3 Å². The van der Waals surface area contributed by atoms with E-state index in [9.17, 15) is 9.18 Å². The molecule has 3 nitrogen and oxygen atoms in total. The van der Waals surface area contributed by atoms with E-state index >= 15 is 0 Å². The van der Waals surface area contributed by atoms with Gasteiger partial charge in [0.15, 0.2) is 6.29 Å². The second kappa shape index (κ2) is 6.87. The zero-order valence-electron chi connectivity index (χ0n) is 14.8. The van der Waals surface area contributed by atoms with E-state index in [2.05, 4.69) is 22.0 Å². The maximum Gasteiger partial charge on any atom is 0.152 e. The normalized spacial score (nSPS) is 14.6. The van der Waals surface area contributed by atoms with Crippen LogP contribution in [-0.4, -0.2) is 24.4 Å². The van der Waals surface area contributed by atoms with E-state index in [-0.39, 0.29) is 5.82 Å². The molecule has 2 aromatic carbocycles. The van der Waals surface area contributed by atoms with E-state index in [1.165, 1.54) is 31.4 Å². The first-order chi connectivity index (χ1) is 12.7. The molecule has 0 atom stereocenters. The van der Waals surface area contributed by atoms with Crippen molar-refractivity contribution >= 4 is 22.9 Å². The summed E-state index contributed by atoms with van der Waals surface area (Å²) < 4.78 is 13.4. The molecule has 0 radical (unpaired) electrons. The summed E-state index contributed by atoms with van der Waals surface area (Å²) >= 11 is 0. The fourth-order valence-corrected chi connectivity index (χ4v) is 3.81. The van der Waals surface area contributed by atoms with Gasteiger partial charge in [-0.25, -0.2) is 4.39 Å². The van der Waals surface area contributed by atoms with Crippen molar-refractivity contribution in [3.8, 4) is 11.1 Å². The lowest BCUT2D eigenvalue weighted by Crippen LogP contribution is -2.29. The van der Waals surface area contributed by atoms with Gasteiger partial charge in [-0.15, -0.1) is 0 Å². The molecule has 0 bridgehead atoms. The summed E-state index contributed by atoms with van der Waals surface area (Å²) in [5, 5.41) is 0.937. The predicted molar refractivity (Wildman–Crippen MR) is 103 cm³/mol. The van der Waals surface area contributed by atoms with Crippen molar-refractivity contribution in [2.75, 3.05) is 18.0 Å². The van der Waals surface area contributed by atoms with Gasteiger partial charge in [0.2, 0.25) is 0 Å². The largest absolute Gasteiger partial charge is 0.372 e. The number of carbonyl (C=O) groups is 1. The number of halogens is 1. The average Bonchev–Trinajstić information content (AvgIpc) is 2.68. The van der Waals surface area contributed by atoms with Gasteiger partial charge in [-0.3, -0.25) is 9.78 Å². The highest BCUT2D eigenvalue weighted by atomic mass is 19.1. The van der Waals surface area contributed by atoms with E-state index in [0.29, 0.717) is 11.3 Å². The molecule has 132 valence electrons. The Morgan fingerprint density at radius 1 is 1.04 bits per heavy atom. The Morgan fingerprint density at radius 3 is 2.46 bits per heavy atom. The van der Waals surface area contributed by atoms with E-state index in [4.69, 9.17) is 0 Å². The second-order valence-corrected chi connectivity index (χ2v) is 6.86. The van der Waals surface area contributed by atoms with Crippen LogP contribution in [0.3, 0.4) is 0 Å². The molecule has 2 heterocycles. The first-order valence-electron chi connectivity index (χ1n) is 9.08. The first-order valence-corrected chi connectivity index (χ1v) is 9.08. The molecule has 3 aromatic rings. The Kier molecular flexibility index (Phi) is 4.41. The third kappa shape index (κ3) is 2.96. The smallest absolute Gasteiger partial charge is 0.152 e. The van der Waals surface area contributed by atoms with Gasteiger partial charge in [0, 0.05) is 41.0 Å². The van der Waals surface area contributed by atoms with Crippen molar-refractivity contribution in [2.24, 2.45) is 0 Å². The molecule has 0 saturated carbocycles. The summed E-state index contributed by atoms with van der Waals surface area (Å²) in [5.74, 6) is -0.287. The van der Waals surface area contributed by atoms with Crippen molar-refractivity contribution in [3.05, 3.63) is 59.5 Å². The van der Waals surface area contributed by atoms with Gasteiger partial charge in [-0.05, 0) is 62.1 Å². The van der Waals surface area contributed by atoms with E-state index < -0.39 is 0 Å². The molecule has 0 spiro atoms. The summed E-state index contributed by atoms with van der Waals surface area (Å²) in [7, 11) is 0. The molecule has 4 rings (SSSR count). The zero-order chi connectivity index (χ0) is 18.1. The molecule has 4 heteroatoms. The molecule has 0 amide bonds. The van der Waals surface area contributed by atoms with Crippen LogP contribution in [0.5, 0.6) is 0 Å². The van der Waals surface area contributed by atoms with Crippen LogP contribution in [0.15, 0.2) is 42.5 Å². The van der Waals surface area contributed by atoms with E-state index in [0.717, 1.165) is 47.1 Å². The van der Waals surface area contributed by atoms with Crippen LogP contribution in [0, 0.1) is 12.7 Å². The summed E-state index contributed by atoms with van der Waals surface area (Å²) in [4.78, 5) is 18.8. The number of piperidine rings is 1. The highest BCUT2D eigenvalue weighted by molar-refractivity contribution is 6.04. The molecule has 0 unspecified atom stereocenters. The van der Waals surface area contributed by atoms with Crippen molar-refractivity contribution < 1.29 is 9.18 Å². The molecule has 1 aliphatic heterocycles. The number of hydrogen-bond acceptors (Lipinski definition) is 3. The van der Waals surface area contributed by atoms with E-state index in [1.54, 1.807) is 12.1 Å². The highest BCUT2D eigenvalue weighted by Gasteiger charge is 2.17. The molecule has 0 N–H and O–H groups in total. The van der Waals surface area contributed by atoms with Gasteiger partial charge >= 0.3 is 0 Å². The second-order valence-electron chi connectivity index (χ2n) is 6.86. The van der Waals surface area contributed by atoms with Crippen LogP contribution >= 0.6 is 0 Å². The molecule has 1 aromatic heterocycles. The minimum absolute atomic E-state index is 0.287. The van der Waals surface area contributed by atoms with Crippen molar-refractivity contribution in [3.63, 3.8) is 0 Å². The minimum atomic E-state index is -0.287. The lowest BCUT2D eigenvalue weighted by atomic mass is 9.94. The number of aldehydes is 1. The Hall–Kier alpha value is -2.75. The average molecular weight is 348 g/mol. The van der Waals surface area contributed by atoms with Gasteiger partial charge in [0.25, 0.3) is 0 Å². The third-order valence-corrected chi connectivity index (χ3v) is 5.17. The molecular formula is C22H21FN2O. The summed E-state index contributed by atoms with van der Waals surface area (Å²) in [5.41, 5.74) is 4.94. The van der Waals surface area contributed by atoms with Crippen LogP contribution in [-0.2, 0) is 0 Å². The lowest BCUT2D eigenvalue weighted by molar-refractivity contribution is 0.112. The number of aromatic nitrogens is 1. The lowest BCUT2D eigenvalue weighted by Gasteiger charge is -2.29. The first kappa shape index (κ1) is 16.7. The minimum Gasteiger partial charge on any atom is -0.372 e. The standard InChI is InChI=1S/C22H21FN2O/c1-15-20(14-26)22(16-5-7-17(23)8-6-16)19-13-18(9-10-21(19)24-15)25-11-3-2-4-12-25/h5-10,13-14H,2-4,11-12H2,1H3. The number of benzene rings is 2. The van der Waals surface area contributed by atoms with Gasteiger partial charge < -0.3 is 4.90 Å². The fourth-order valence-electron chi connectivity index (χ4n) is 3.81. The molecular weight excluding hydrogens is 327 g/mol. The van der Waals surface area contributed by atoms with Gasteiger partial charge in [-0.1, -0.05) is 12.1 Å². The van der Waals surface area contributed by atoms with Crippen LogP contribution in [0.4, 0.5) is 10.1 Å². The quantitative estimate of drug-likeness (QED) is 0.614. The number of nitrogens with zero attached hydrogens (tertiary/aromatic N) is 2. The van der Waals surface area contributed by atoms with Gasteiger partial charge in [0.1, 0.15) is 5.82 Å². The predicted octanol–water partition coefficient (Wildman–Crippen LogP) is 5.15. The molecule has 1 saturated heterocycles. The maximum atomic E-state index is 13.4. The monoisotopic (exact) mass is 348 g/mol. The van der Waals surface area contributed by atoms with E-state index in [1.807, 2.05) is 13.0 Å². The molecule has 26 heavy (non-hydrogen) atoms. The van der Waals surface area contributed by atoms with Crippen LogP contribution in [0.25, 0.3) is 22.0 Å². The van der Waals surface area contributed by atoms with Gasteiger partial charge in [-0.2, -0.15) is 0 Å². The number of pyridine rings is 1. The Morgan fingerprint density at radius 2 is 1.77 bits per heavy atom. The summed E-state index contributed by atoms with van der Waals surface area (Å²) in [6.45, 7) is 3.95. The Balaban J connectivity index is 1.95. The third-order valence-electron chi connectivity index (χ3n) is 5.17. The fraction of sp³-hybridized carbons (Fsp3) is 0.273. The topological polar surface area (TPSA) is 33.2 Å². The number of fused-ring (bicyclic) bond motifs is 1. The molecule has 1 fully saturated rings.